The van der Waals surface area contributed by atoms with Gasteiger partial charge in [0.2, 0.25) is 0 Å². The van der Waals surface area contributed by atoms with E-state index in [1.807, 2.05) is 4.90 Å². The number of aliphatic hydroxyl groups is 1. The molecule has 5 nitrogen and oxygen atoms in total. The molecule has 0 amide bonds. The molecular formula is C8H13NO4. The second kappa shape index (κ2) is 3.25. The van der Waals surface area contributed by atoms with Crippen molar-refractivity contribution in [3.63, 3.8) is 0 Å². The maximum atomic E-state index is 10.6. The molecule has 2 saturated heterocycles. The zero-order valence-electron chi connectivity index (χ0n) is 7.22. The quantitative estimate of drug-likeness (QED) is 0.545. The van der Waals surface area contributed by atoms with Gasteiger partial charge in [0.25, 0.3) is 0 Å². The summed E-state index contributed by atoms with van der Waals surface area (Å²) in [5.74, 6) is -0.917. The minimum Gasteiger partial charge on any atom is -0.479 e. The number of carboxylic acids is 1. The first-order valence-corrected chi connectivity index (χ1v) is 4.43. The van der Waals surface area contributed by atoms with E-state index in [9.17, 15) is 9.90 Å². The molecule has 2 rings (SSSR count). The Kier molecular flexibility index (Phi) is 2.23. The molecule has 2 N–H and O–H groups in total. The van der Waals surface area contributed by atoms with Crippen molar-refractivity contribution >= 4 is 5.97 Å². The van der Waals surface area contributed by atoms with Crippen LogP contribution in [0.15, 0.2) is 0 Å². The Hall–Kier alpha value is -0.650. The summed E-state index contributed by atoms with van der Waals surface area (Å²) in [4.78, 5) is 12.6. The molecule has 13 heavy (non-hydrogen) atoms. The molecule has 2 aliphatic heterocycles. The van der Waals surface area contributed by atoms with Gasteiger partial charge in [0, 0.05) is 19.1 Å². The van der Waals surface area contributed by atoms with Gasteiger partial charge in [0.1, 0.15) is 0 Å². The first kappa shape index (κ1) is 8.93. The second-order valence-electron chi connectivity index (χ2n) is 3.66. The molecule has 0 bridgehead atoms. The zero-order valence-corrected chi connectivity index (χ0v) is 7.22. The highest BCUT2D eigenvalue weighted by molar-refractivity contribution is 5.72. The number of ether oxygens (including phenoxy) is 1. The van der Waals surface area contributed by atoms with E-state index in [0.717, 1.165) is 0 Å². The molecule has 2 fully saturated rings. The number of nitrogens with zero attached hydrogens (tertiary/aromatic N) is 1. The first-order chi connectivity index (χ1) is 6.16. The number of aliphatic hydroxyl groups excluding tert-OH is 1. The van der Waals surface area contributed by atoms with Gasteiger partial charge in [-0.15, -0.1) is 0 Å². The Labute approximate surface area is 75.9 Å². The molecular weight excluding hydrogens is 174 g/mol. The van der Waals surface area contributed by atoms with Gasteiger partial charge < -0.3 is 14.9 Å². The lowest BCUT2D eigenvalue weighted by molar-refractivity contribution is -0.158. The van der Waals surface area contributed by atoms with E-state index in [0.29, 0.717) is 26.1 Å². The molecule has 0 aromatic heterocycles. The lowest BCUT2D eigenvalue weighted by atomic mass is 10.2. The third-order valence-electron chi connectivity index (χ3n) is 2.67. The van der Waals surface area contributed by atoms with E-state index in [4.69, 9.17) is 9.84 Å². The third-order valence-corrected chi connectivity index (χ3v) is 2.67. The van der Waals surface area contributed by atoms with E-state index in [1.165, 1.54) is 0 Å². The number of aliphatic carboxylic acids is 1. The average molecular weight is 187 g/mol. The fourth-order valence-electron chi connectivity index (χ4n) is 2.00. The minimum absolute atomic E-state index is 0.214. The van der Waals surface area contributed by atoms with Gasteiger partial charge >= 0.3 is 5.97 Å². The van der Waals surface area contributed by atoms with Crippen LogP contribution in [0.4, 0.5) is 0 Å². The van der Waals surface area contributed by atoms with Gasteiger partial charge in [-0.3, -0.25) is 4.90 Å². The first-order valence-electron chi connectivity index (χ1n) is 4.43. The Bertz CT molecular complexity index is 220. The maximum Gasteiger partial charge on any atom is 0.334 e. The van der Waals surface area contributed by atoms with Gasteiger partial charge in [-0.25, -0.2) is 4.79 Å². The molecule has 2 aliphatic rings. The van der Waals surface area contributed by atoms with E-state index >= 15 is 0 Å². The Balaban J connectivity index is 1.97. The fourth-order valence-corrected chi connectivity index (χ4v) is 2.00. The summed E-state index contributed by atoms with van der Waals surface area (Å²) in [5.41, 5.74) is 0. The second-order valence-corrected chi connectivity index (χ2v) is 3.66. The van der Waals surface area contributed by atoms with Crippen molar-refractivity contribution in [2.24, 2.45) is 0 Å². The van der Waals surface area contributed by atoms with Gasteiger partial charge in [-0.1, -0.05) is 0 Å². The van der Waals surface area contributed by atoms with Crippen LogP contribution in [0.3, 0.4) is 0 Å². The molecule has 0 saturated carbocycles. The van der Waals surface area contributed by atoms with Gasteiger partial charge in [-0.05, 0) is 6.42 Å². The van der Waals surface area contributed by atoms with E-state index < -0.39 is 12.1 Å². The van der Waals surface area contributed by atoms with Crippen molar-refractivity contribution in [3.8, 4) is 0 Å². The number of rotatable bonds is 1. The van der Waals surface area contributed by atoms with Crippen molar-refractivity contribution in [2.45, 2.75) is 24.7 Å². The zero-order chi connectivity index (χ0) is 9.42. The predicted octanol–water partition coefficient (Wildman–Crippen LogP) is -1.09. The van der Waals surface area contributed by atoms with Crippen LogP contribution in [0.25, 0.3) is 0 Å². The van der Waals surface area contributed by atoms with Crippen LogP contribution in [-0.4, -0.2) is 59.0 Å². The van der Waals surface area contributed by atoms with Crippen LogP contribution in [-0.2, 0) is 9.53 Å². The predicted molar refractivity (Wildman–Crippen MR) is 43.4 cm³/mol. The van der Waals surface area contributed by atoms with Crippen LogP contribution in [0, 0.1) is 0 Å². The third kappa shape index (κ3) is 1.67. The normalized spacial score (nSPS) is 40.2. The highest BCUT2D eigenvalue weighted by Crippen LogP contribution is 2.22. The van der Waals surface area contributed by atoms with Crippen molar-refractivity contribution in [1.29, 1.82) is 0 Å². The summed E-state index contributed by atoms with van der Waals surface area (Å²) in [6, 6.07) is 0.214. The Morgan fingerprint density at radius 2 is 2.23 bits per heavy atom. The lowest BCUT2D eigenvalue weighted by Gasteiger charge is -2.32. The van der Waals surface area contributed by atoms with Crippen LogP contribution < -0.4 is 0 Å². The smallest absolute Gasteiger partial charge is 0.334 e. The number of carbonyl (C=O) groups is 1. The van der Waals surface area contributed by atoms with Gasteiger partial charge in [0.05, 0.1) is 12.7 Å². The van der Waals surface area contributed by atoms with Crippen molar-refractivity contribution in [3.05, 3.63) is 0 Å². The topological polar surface area (TPSA) is 70.0 Å². The largest absolute Gasteiger partial charge is 0.479 e. The molecule has 0 radical (unpaired) electrons. The summed E-state index contributed by atoms with van der Waals surface area (Å²) in [6.45, 7) is 1.41. The van der Waals surface area contributed by atoms with E-state index in [1.54, 1.807) is 0 Å². The molecule has 0 aromatic rings. The Morgan fingerprint density at radius 1 is 1.46 bits per heavy atom. The summed E-state index contributed by atoms with van der Waals surface area (Å²) in [7, 11) is 0. The minimum atomic E-state index is -0.917. The number of morpholine rings is 1. The van der Waals surface area contributed by atoms with Crippen LogP contribution >= 0.6 is 0 Å². The highest BCUT2D eigenvalue weighted by Gasteiger charge is 2.38. The number of hydrogen-bond donors (Lipinski definition) is 2. The molecule has 1 unspecified atom stereocenters. The summed E-state index contributed by atoms with van der Waals surface area (Å²) < 4.78 is 5.15. The fraction of sp³-hybridized carbons (Fsp3) is 0.875. The summed E-state index contributed by atoms with van der Waals surface area (Å²) in [6.07, 6.45) is -0.338. The molecule has 0 spiro atoms. The van der Waals surface area contributed by atoms with Crippen molar-refractivity contribution < 1.29 is 19.7 Å². The van der Waals surface area contributed by atoms with Crippen LogP contribution in [0.1, 0.15) is 6.42 Å². The van der Waals surface area contributed by atoms with Crippen LogP contribution in [0.5, 0.6) is 0 Å². The average Bonchev–Trinajstić information content (AvgIpc) is 2.42. The lowest BCUT2D eigenvalue weighted by Crippen LogP contribution is -2.49. The molecule has 2 heterocycles. The molecule has 5 heteroatoms. The molecule has 0 aromatic carbocycles. The monoisotopic (exact) mass is 187 g/mol. The standard InChI is InChI=1S/C8H13NO4/c10-6-1-5-4-13-7(8(11)12)3-9(5)2-6/h5-7,10H,1-4H2,(H,11,12)/t5-,6+,7?/m0/s1. The molecule has 74 valence electrons. The summed E-state index contributed by atoms with van der Waals surface area (Å²) >= 11 is 0. The van der Waals surface area contributed by atoms with E-state index in [2.05, 4.69) is 0 Å². The molecule has 0 aliphatic carbocycles. The van der Waals surface area contributed by atoms with Gasteiger partial charge in [0.15, 0.2) is 6.10 Å². The number of fused-ring (bicyclic) bond motifs is 1. The number of carboxylic acid groups (broad SMARTS) is 1. The summed E-state index contributed by atoms with van der Waals surface area (Å²) in [5, 5.41) is 18.1. The Morgan fingerprint density at radius 3 is 2.92 bits per heavy atom. The van der Waals surface area contributed by atoms with Crippen LogP contribution in [0.2, 0.25) is 0 Å². The molecule has 3 atom stereocenters. The van der Waals surface area contributed by atoms with Gasteiger partial charge in [-0.2, -0.15) is 0 Å². The van der Waals surface area contributed by atoms with E-state index in [-0.39, 0.29) is 12.1 Å². The SMILES string of the molecule is O=C(O)C1CN2C[C@H](O)C[C@H]2CO1. The maximum absolute atomic E-state index is 10.6. The number of hydrogen-bond acceptors (Lipinski definition) is 4. The van der Waals surface area contributed by atoms with Crippen molar-refractivity contribution in [1.82, 2.24) is 4.90 Å². The highest BCUT2D eigenvalue weighted by atomic mass is 16.5. The van der Waals surface area contributed by atoms with Crippen molar-refractivity contribution in [2.75, 3.05) is 19.7 Å².